The largest absolute Gasteiger partial charge is 0.478 e. The maximum absolute atomic E-state index is 10.7. The van der Waals surface area contributed by atoms with Crippen LogP contribution < -0.4 is 0 Å². The molecular weight excluding hydrogens is 174 g/mol. The lowest BCUT2D eigenvalue weighted by Crippen LogP contribution is -1.99. The highest BCUT2D eigenvalue weighted by atomic mass is 32.1. The van der Waals surface area contributed by atoms with Crippen molar-refractivity contribution in [2.75, 3.05) is 0 Å². The van der Waals surface area contributed by atoms with Crippen molar-refractivity contribution >= 4 is 17.3 Å². The maximum atomic E-state index is 10.7. The Labute approximate surface area is 73.9 Å². The van der Waals surface area contributed by atoms with Gasteiger partial charge in [0, 0.05) is 9.75 Å². The molecule has 0 spiro atoms. The van der Waals surface area contributed by atoms with Crippen LogP contribution in [0.4, 0.5) is 0 Å². The molecule has 0 saturated carbocycles. The van der Waals surface area contributed by atoms with E-state index in [-0.39, 0.29) is 5.56 Å². The molecule has 0 aliphatic rings. The molecule has 0 aliphatic carbocycles. The first-order valence-corrected chi connectivity index (χ1v) is 4.13. The summed E-state index contributed by atoms with van der Waals surface area (Å²) in [6.07, 6.45) is 0. The van der Waals surface area contributed by atoms with Crippen LogP contribution in [0, 0.1) is 25.2 Å². The molecular formula is C8H7NO2S. The standard InChI is InChI=1S/C8H7NO2S/c1-4-6(3-9)7(8(10)11)5(2)12-4/h1-2H3,(H,10,11). The summed E-state index contributed by atoms with van der Waals surface area (Å²) in [7, 11) is 0. The fraction of sp³-hybridized carbons (Fsp3) is 0.250. The first-order valence-electron chi connectivity index (χ1n) is 3.31. The zero-order valence-corrected chi connectivity index (χ0v) is 7.53. The van der Waals surface area contributed by atoms with Gasteiger partial charge in [-0.2, -0.15) is 5.26 Å². The van der Waals surface area contributed by atoms with Crippen LogP contribution in [0.3, 0.4) is 0 Å². The molecule has 0 amide bonds. The number of hydrogen-bond acceptors (Lipinski definition) is 3. The molecule has 1 rings (SSSR count). The Balaban J connectivity index is 3.45. The molecule has 0 aromatic carbocycles. The van der Waals surface area contributed by atoms with Gasteiger partial charge in [-0.15, -0.1) is 11.3 Å². The van der Waals surface area contributed by atoms with Crippen LogP contribution in [0.15, 0.2) is 0 Å². The van der Waals surface area contributed by atoms with Crippen molar-refractivity contribution in [3.63, 3.8) is 0 Å². The lowest BCUT2D eigenvalue weighted by molar-refractivity contribution is 0.0696. The number of aryl methyl sites for hydroxylation is 2. The third-order valence-electron chi connectivity index (χ3n) is 1.59. The number of hydrogen-bond donors (Lipinski definition) is 1. The molecule has 0 atom stereocenters. The Kier molecular flexibility index (Phi) is 2.15. The molecule has 1 N–H and O–H groups in total. The van der Waals surface area contributed by atoms with Gasteiger partial charge in [0.15, 0.2) is 0 Å². The van der Waals surface area contributed by atoms with E-state index in [1.807, 2.05) is 6.07 Å². The Morgan fingerprint density at radius 3 is 2.42 bits per heavy atom. The van der Waals surface area contributed by atoms with Crippen molar-refractivity contribution in [2.24, 2.45) is 0 Å². The Hall–Kier alpha value is -1.34. The van der Waals surface area contributed by atoms with Crippen molar-refractivity contribution in [1.29, 1.82) is 5.26 Å². The van der Waals surface area contributed by atoms with Crippen LogP contribution in [0.1, 0.15) is 25.7 Å². The van der Waals surface area contributed by atoms with E-state index >= 15 is 0 Å². The van der Waals surface area contributed by atoms with Crippen LogP contribution in [0.5, 0.6) is 0 Å². The molecule has 1 aromatic rings. The highest BCUT2D eigenvalue weighted by Crippen LogP contribution is 2.26. The van der Waals surface area contributed by atoms with Gasteiger partial charge in [-0.3, -0.25) is 0 Å². The van der Waals surface area contributed by atoms with Crippen LogP contribution >= 0.6 is 11.3 Å². The fourth-order valence-electron chi connectivity index (χ4n) is 1.08. The lowest BCUT2D eigenvalue weighted by Gasteiger charge is -1.90. The SMILES string of the molecule is Cc1sc(C)c(C(=O)O)c1C#N. The predicted molar refractivity (Wildman–Crippen MR) is 45.5 cm³/mol. The van der Waals surface area contributed by atoms with Crippen molar-refractivity contribution in [2.45, 2.75) is 13.8 Å². The van der Waals surface area contributed by atoms with Crippen LogP contribution in [-0.2, 0) is 0 Å². The summed E-state index contributed by atoms with van der Waals surface area (Å²) >= 11 is 1.35. The van der Waals surface area contributed by atoms with E-state index in [0.29, 0.717) is 10.4 Å². The van der Waals surface area contributed by atoms with Crippen LogP contribution in [0.2, 0.25) is 0 Å². The third kappa shape index (κ3) is 1.19. The number of nitrogens with zero attached hydrogens (tertiary/aromatic N) is 1. The molecule has 12 heavy (non-hydrogen) atoms. The zero-order valence-electron chi connectivity index (χ0n) is 6.71. The minimum absolute atomic E-state index is 0.153. The maximum Gasteiger partial charge on any atom is 0.338 e. The van der Waals surface area contributed by atoms with E-state index in [1.165, 1.54) is 11.3 Å². The number of carboxylic acid groups (broad SMARTS) is 1. The van der Waals surface area contributed by atoms with Crippen molar-refractivity contribution in [3.8, 4) is 6.07 Å². The molecule has 0 saturated heterocycles. The topological polar surface area (TPSA) is 61.1 Å². The molecule has 0 bridgehead atoms. The second-order valence-corrected chi connectivity index (χ2v) is 3.81. The van der Waals surface area contributed by atoms with Gasteiger partial charge in [0.05, 0.1) is 11.1 Å². The van der Waals surface area contributed by atoms with E-state index in [9.17, 15) is 4.79 Å². The quantitative estimate of drug-likeness (QED) is 0.720. The van der Waals surface area contributed by atoms with Gasteiger partial charge < -0.3 is 5.11 Å². The summed E-state index contributed by atoms with van der Waals surface area (Å²) in [5.41, 5.74) is 0.449. The number of carboxylic acids is 1. The molecule has 3 nitrogen and oxygen atoms in total. The number of carbonyl (C=O) groups is 1. The first kappa shape index (κ1) is 8.75. The molecule has 4 heteroatoms. The first-order chi connectivity index (χ1) is 5.57. The molecule has 0 unspecified atom stereocenters. The summed E-state index contributed by atoms with van der Waals surface area (Å²) in [6.45, 7) is 3.46. The number of nitriles is 1. The molecule has 0 radical (unpaired) electrons. The summed E-state index contributed by atoms with van der Waals surface area (Å²) in [5, 5.41) is 17.4. The number of thiophene rings is 1. The van der Waals surface area contributed by atoms with E-state index in [0.717, 1.165) is 4.88 Å². The summed E-state index contributed by atoms with van der Waals surface area (Å²) in [4.78, 5) is 12.1. The zero-order chi connectivity index (χ0) is 9.30. The third-order valence-corrected chi connectivity index (χ3v) is 2.61. The van der Waals surface area contributed by atoms with E-state index < -0.39 is 5.97 Å². The lowest BCUT2D eigenvalue weighted by atomic mass is 10.1. The van der Waals surface area contributed by atoms with Gasteiger partial charge in [0.1, 0.15) is 6.07 Å². The van der Waals surface area contributed by atoms with Gasteiger partial charge in [0.2, 0.25) is 0 Å². The van der Waals surface area contributed by atoms with Crippen molar-refractivity contribution in [3.05, 3.63) is 20.9 Å². The molecule has 1 aromatic heterocycles. The van der Waals surface area contributed by atoms with Crippen molar-refractivity contribution < 1.29 is 9.90 Å². The number of rotatable bonds is 1. The monoisotopic (exact) mass is 181 g/mol. The summed E-state index contributed by atoms with van der Waals surface area (Å²) in [5.74, 6) is -1.02. The van der Waals surface area contributed by atoms with E-state index in [1.54, 1.807) is 13.8 Å². The minimum atomic E-state index is -1.02. The molecule has 62 valence electrons. The molecule has 1 heterocycles. The molecule has 0 fully saturated rings. The Morgan fingerprint density at radius 2 is 2.08 bits per heavy atom. The van der Waals surface area contributed by atoms with Gasteiger partial charge in [-0.05, 0) is 13.8 Å². The van der Waals surface area contributed by atoms with Crippen molar-refractivity contribution in [1.82, 2.24) is 0 Å². The van der Waals surface area contributed by atoms with Gasteiger partial charge >= 0.3 is 5.97 Å². The number of aromatic carboxylic acids is 1. The summed E-state index contributed by atoms with van der Waals surface area (Å²) < 4.78 is 0. The average molecular weight is 181 g/mol. The smallest absolute Gasteiger partial charge is 0.338 e. The Morgan fingerprint density at radius 1 is 1.50 bits per heavy atom. The van der Waals surface area contributed by atoms with E-state index in [4.69, 9.17) is 10.4 Å². The van der Waals surface area contributed by atoms with Gasteiger partial charge in [-0.25, -0.2) is 4.79 Å². The second kappa shape index (κ2) is 2.95. The fourth-order valence-corrected chi connectivity index (χ4v) is 2.08. The highest BCUT2D eigenvalue weighted by Gasteiger charge is 2.18. The van der Waals surface area contributed by atoms with Crippen LogP contribution in [0.25, 0.3) is 0 Å². The normalized spacial score (nSPS) is 9.42. The van der Waals surface area contributed by atoms with E-state index in [2.05, 4.69) is 0 Å². The predicted octanol–water partition coefficient (Wildman–Crippen LogP) is 1.93. The Bertz CT molecular complexity index is 373. The van der Waals surface area contributed by atoms with Gasteiger partial charge in [-0.1, -0.05) is 0 Å². The second-order valence-electron chi connectivity index (χ2n) is 2.38. The molecule has 0 aliphatic heterocycles. The summed E-state index contributed by atoms with van der Waals surface area (Å²) in [6, 6.07) is 1.90. The minimum Gasteiger partial charge on any atom is -0.478 e. The average Bonchev–Trinajstić information content (AvgIpc) is 2.24. The van der Waals surface area contributed by atoms with Crippen LogP contribution in [-0.4, -0.2) is 11.1 Å². The van der Waals surface area contributed by atoms with Gasteiger partial charge in [0.25, 0.3) is 0 Å². The highest BCUT2D eigenvalue weighted by molar-refractivity contribution is 7.12.